The second-order valence-electron chi connectivity index (χ2n) is 7.70. The Kier molecular flexibility index (Phi) is 4.33. The molecule has 0 aromatic rings. The third-order valence-electron chi connectivity index (χ3n) is 5.67. The third-order valence-corrected chi connectivity index (χ3v) is 5.67. The predicted molar refractivity (Wildman–Crippen MR) is 81.0 cm³/mol. The summed E-state index contributed by atoms with van der Waals surface area (Å²) in [5.74, 6) is 0. The van der Waals surface area contributed by atoms with Crippen LogP contribution in [0, 0.1) is 5.41 Å². The summed E-state index contributed by atoms with van der Waals surface area (Å²) in [6.45, 7) is 11.7. The summed E-state index contributed by atoms with van der Waals surface area (Å²) in [7, 11) is 0. The van der Waals surface area contributed by atoms with E-state index in [1.54, 1.807) is 4.90 Å². The number of hydrogen-bond donors (Lipinski definition) is 1. The largest absolute Gasteiger partial charge is 0.465 e. The zero-order valence-corrected chi connectivity index (χ0v) is 13.5. The van der Waals surface area contributed by atoms with Crippen molar-refractivity contribution in [1.82, 2.24) is 9.80 Å². The molecule has 4 nitrogen and oxygen atoms in total. The molecule has 1 unspecified atom stereocenters. The molecule has 20 heavy (non-hydrogen) atoms. The first-order valence-electron chi connectivity index (χ1n) is 8.00. The van der Waals surface area contributed by atoms with Gasteiger partial charge in [0.1, 0.15) is 0 Å². The molecule has 2 fully saturated rings. The molecule has 2 saturated heterocycles. The quantitative estimate of drug-likeness (QED) is 0.801. The SMILES string of the molecule is CC(C)(C)[C@@]1(C)CC(N2CCCCC2)CCN1C(=O)O. The van der Waals surface area contributed by atoms with Gasteiger partial charge in [-0.2, -0.15) is 0 Å². The smallest absolute Gasteiger partial charge is 0.407 e. The first-order chi connectivity index (χ1) is 9.25. The van der Waals surface area contributed by atoms with E-state index in [1.165, 1.54) is 32.4 Å². The van der Waals surface area contributed by atoms with Crippen LogP contribution in [0.15, 0.2) is 0 Å². The van der Waals surface area contributed by atoms with Gasteiger partial charge in [-0.25, -0.2) is 4.79 Å². The van der Waals surface area contributed by atoms with E-state index >= 15 is 0 Å². The highest BCUT2D eigenvalue weighted by Gasteiger charge is 2.49. The van der Waals surface area contributed by atoms with Gasteiger partial charge in [0.2, 0.25) is 0 Å². The van der Waals surface area contributed by atoms with Crippen LogP contribution < -0.4 is 0 Å². The number of likely N-dealkylation sites (tertiary alicyclic amines) is 2. The lowest BCUT2D eigenvalue weighted by Crippen LogP contribution is -2.64. The molecule has 0 aromatic heterocycles. The molecule has 2 heterocycles. The Hall–Kier alpha value is -0.770. The molecule has 0 radical (unpaired) electrons. The van der Waals surface area contributed by atoms with Crippen molar-refractivity contribution >= 4 is 6.09 Å². The molecule has 2 aliphatic heterocycles. The highest BCUT2D eigenvalue weighted by molar-refractivity contribution is 5.66. The van der Waals surface area contributed by atoms with E-state index in [0.717, 1.165) is 12.8 Å². The van der Waals surface area contributed by atoms with Crippen molar-refractivity contribution in [3.8, 4) is 0 Å². The van der Waals surface area contributed by atoms with Crippen LogP contribution >= 0.6 is 0 Å². The maximum atomic E-state index is 11.6. The van der Waals surface area contributed by atoms with Gasteiger partial charge in [-0.05, 0) is 51.1 Å². The van der Waals surface area contributed by atoms with Gasteiger partial charge in [0, 0.05) is 18.1 Å². The summed E-state index contributed by atoms with van der Waals surface area (Å²) >= 11 is 0. The van der Waals surface area contributed by atoms with Crippen LogP contribution in [0.4, 0.5) is 4.79 Å². The van der Waals surface area contributed by atoms with Gasteiger partial charge in [-0.3, -0.25) is 0 Å². The number of carbonyl (C=O) groups is 1. The summed E-state index contributed by atoms with van der Waals surface area (Å²) < 4.78 is 0. The second-order valence-corrected chi connectivity index (χ2v) is 7.70. The van der Waals surface area contributed by atoms with Crippen LogP contribution in [0.3, 0.4) is 0 Å². The summed E-state index contributed by atoms with van der Waals surface area (Å²) in [5, 5.41) is 9.55. The Labute approximate surface area is 123 Å². The first-order valence-corrected chi connectivity index (χ1v) is 8.00. The standard InChI is InChI=1S/C16H30N2O2/c1-15(2,3)16(4)12-13(8-11-18(16)14(19)20)17-9-6-5-7-10-17/h13H,5-12H2,1-4H3,(H,19,20)/t13?,16-/m1/s1. The van der Waals surface area contributed by atoms with Gasteiger partial charge in [0.05, 0.1) is 0 Å². The van der Waals surface area contributed by atoms with Gasteiger partial charge in [0.25, 0.3) is 0 Å². The van der Waals surface area contributed by atoms with Crippen LogP contribution in [-0.4, -0.2) is 52.2 Å². The number of hydrogen-bond acceptors (Lipinski definition) is 2. The van der Waals surface area contributed by atoms with E-state index in [2.05, 4.69) is 32.6 Å². The molecule has 0 aliphatic carbocycles. The minimum absolute atomic E-state index is 0.0418. The lowest BCUT2D eigenvalue weighted by Gasteiger charge is -2.55. The molecule has 116 valence electrons. The van der Waals surface area contributed by atoms with Crippen molar-refractivity contribution in [2.24, 2.45) is 5.41 Å². The summed E-state index contributed by atoms with van der Waals surface area (Å²) in [5.41, 5.74) is -0.320. The molecule has 0 saturated carbocycles. The predicted octanol–water partition coefficient (Wildman–Crippen LogP) is 3.42. The molecule has 2 atom stereocenters. The zero-order chi connectivity index (χ0) is 15.0. The molecule has 2 aliphatic rings. The summed E-state index contributed by atoms with van der Waals surface area (Å²) in [4.78, 5) is 15.9. The van der Waals surface area contributed by atoms with Crippen molar-refractivity contribution < 1.29 is 9.90 Å². The number of rotatable bonds is 1. The molecule has 1 N–H and O–H groups in total. The lowest BCUT2D eigenvalue weighted by atomic mass is 9.68. The summed E-state index contributed by atoms with van der Waals surface area (Å²) in [6.07, 6.45) is 5.12. The van der Waals surface area contributed by atoms with Crippen LogP contribution in [0.5, 0.6) is 0 Å². The topological polar surface area (TPSA) is 43.8 Å². The zero-order valence-electron chi connectivity index (χ0n) is 13.5. The number of carboxylic acid groups (broad SMARTS) is 1. The van der Waals surface area contributed by atoms with Crippen molar-refractivity contribution in [3.05, 3.63) is 0 Å². The van der Waals surface area contributed by atoms with Crippen molar-refractivity contribution in [3.63, 3.8) is 0 Å². The normalized spacial score (nSPS) is 33.2. The third kappa shape index (κ3) is 2.80. The Morgan fingerprint density at radius 3 is 2.25 bits per heavy atom. The minimum Gasteiger partial charge on any atom is -0.465 e. The van der Waals surface area contributed by atoms with E-state index in [0.29, 0.717) is 12.6 Å². The average Bonchev–Trinajstić information content (AvgIpc) is 2.38. The molecular weight excluding hydrogens is 252 g/mol. The van der Waals surface area contributed by atoms with Crippen LogP contribution in [0.2, 0.25) is 0 Å². The first kappa shape index (κ1) is 15.6. The van der Waals surface area contributed by atoms with E-state index in [9.17, 15) is 9.90 Å². The Balaban J connectivity index is 2.17. The Bertz CT molecular complexity index is 358. The van der Waals surface area contributed by atoms with E-state index in [1.807, 2.05) is 0 Å². The Morgan fingerprint density at radius 2 is 1.75 bits per heavy atom. The maximum absolute atomic E-state index is 11.6. The van der Waals surface area contributed by atoms with Crippen LogP contribution in [0.1, 0.15) is 59.8 Å². The van der Waals surface area contributed by atoms with Crippen LogP contribution in [0.25, 0.3) is 0 Å². The number of piperidine rings is 2. The highest BCUT2D eigenvalue weighted by atomic mass is 16.4. The number of amides is 1. The van der Waals surface area contributed by atoms with Gasteiger partial charge < -0.3 is 14.9 Å². The minimum atomic E-state index is -0.764. The van der Waals surface area contributed by atoms with Crippen LogP contribution in [-0.2, 0) is 0 Å². The molecular formula is C16H30N2O2. The highest BCUT2D eigenvalue weighted by Crippen LogP contribution is 2.43. The number of nitrogens with zero attached hydrogens (tertiary/aromatic N) is 2. The van der Waals surface area contributed by atoms with Crippen molar-refractivity contribution in [1.29, 1.82) is 0 Å². The molecule has 4 heteroatoms. The fourth-order valence-electron chi connectivity index (χ4n) is 3.81. The van der Waals surface area contributed by atoms with E-state index in [4.69, 9.17) is 0 Å². The molecule has 0 bridgehead atoms. The fourth-order valence-corrected chi connectivity index (χ4v) is 3.81. The van der Waals surface area contributed by atoms with Gasteiger partial charge >= 0.3 is 6.09 Å². The molecule has 1 amide bonds. The van der Waals surface area contributed by atoms with E-state index in [-0.39, 0.29) is 11.0 Å². The lowest BCUT2D eigenvalue weighted by molar-refractivity contribution is -0.0454. The summed E-state index contributed by atoms with van der Waals surface area (Å²) in [6, 6.07) is 0.551. The monoisotopic (exact) mass is 282 g/mol. The van der Waals surface area contributed by atoms with E-state index < -0.39 is 6.09 Å². The van der Waals surface area contributed by atoms with Gasteiger partial charge in [0.15, 0.2) is 0 Å². The molecule has 0 spiro atoms. The average molecular weight is 282 g/mol. The fraction of sp³-hybridized carbons (Fsp3) is 0.938. The maximum Gasteiger partial charge on any atom is 0.407 e. The van der Waals surface area contributed by atoms with Gasteiger partial charge in [-0.1, -0.05) is 27.2 Å². The van der Waals surface area contributed by atoms with Crippen molar-refractivity contribution in [2.45, 2.75) is 71.4 Å². The second kappa shape index (κ2) is 5.55. The molecule has 0 aromatic carbocycles. The van der Waals surface area contributed by atoms with Crippen molar-refractivity contribution in [2.75, 3.05) is 19.6 Å². The molecule has 2 rings (SSSR count). The van der Waals surface area contributed by atoms with Gasteiger partial charge in [-0.15, -0.1) is 0 Å². The Morgan fingerprint density at radius 1 is 1.15 bits per heavy atom.